The van der Waals surface area contributed by atoms with E-state index in [1.165, 1.54) is 25.7 Å². The van der Waals surface area contributed by atoms with Gasteiger partial charge in [0.1, 0.15) is 0 Å². The van der Waals surface area contributed by atoms with Gasteiger partial charge in [-0.05, 0) is 18.3 Å². The fourth-order valence-corrected chi connectivity index (χ4v) is 1.87. The number of nitrogens with two attached hydrogens (primary N) is 1. The lowest BCUT2D eigenvalue weighted by atomic mass is 9.99. The number of hydrogen-bond donors (Lipinski definition) is 2. The van der Waals surface area contributed by atoms with Crippen LogP contribution < -0.4 is 11.1 Å². The molecule has 0 aromatic heterocycles. The topological polar surface area (TPSA) is 55.1 Å². The van der Waals surface area contributed by atoms with Crippen molar-refractivity contribution in [3.05, 3.63) is 0 Å². The van der Waals surface area contributed by atoms with E-state index in [4.69, 9.17) is 5.73 Å². The number of hydrogen-bond acceptors (Lipinski definition) is 2. The third-order valence-corrected chi connectivity index (χ3v) is 3.57. The van der Waals surface area contributed by atoms with E-state index in [0.717, 1.165) is 25.3 Å². The van der Waals surface area contributed by atoms with Crippen LogP contribution in [0.3, 0.4) is 0 Å². The Labute approximate surface area is 113 Å². The van der Waals surface area contributed by atoms with Gasteiger partial charge in [0.25, 0.3) is 0 Å². The molecular formula is C15H32N2O. The van der Waals surface area contributed by atoms with Gasteiger partial charge in [0.05, 0.1) is 6.04 Å². The summed E-state index contributed by atoms with van der Waals surface area (Å²) in [6.45, 7) is 9.38. The molecule has 3 heteroatoms. The molecule has 0 fully saturated rings. The minimum absolute atomic E-state index is 0.00605. The Morgan fingerprint density at radius 3 is 2.28 bits per heavy atom. The van der Waals surface area contributed by atoms with Crippen LogP contribution in [0.25, 0.3) is 0 Å². The van der Waals surface area contributed by atoms with Crippen molar-refractivity contribution in [3.8, 4) is 0 Å². The number of rotatable bonds is 10. The van der Waals surface area contributed by atoms with Crippen LogP contribution in [-0.4, -0.2) is 18.5 Å². The molecular weight excluding hydrogens is 224 g/mol. The van der Waals surface area contributed by atoms with Crippen LogP contribution in [0.5, 0.6) is 0 Å². The molecule has 108 valence electrons. The highest BCUT2D eigenvalue weighted by Crippen LogP contribution is 2.09. The lowest BCUT2D eigenvalue weighted by molar-refractivity contribution is -0.123. The second-order valence-electron chi connectivity index (χ2n) is 5.80. The maximum absolute atomic E-state index is 11.7. The molecule has 3 N–H and O–H groups in total. The van der Waals surface area contributed by atoms with E-state index in [9.17, 15) is 4.79 Å². The van der Waals surface area contributed by atoms with E-state index in [0.29, 0.717) is 0 Å². The fourth-order valence-electron chi connectivity index (χ4n) is 1.87. The first-order valence-electron chi connectivity index (χ1n) is 7.52. The van der Waals surface area contributed by atoms with Gasteiger partial charge in [-0.1, -0.05) is 59.8 Å². The van der Waals surface area contributed by atoms with Gasteiger partial charge in [-0.15, -0.1) is 0 Å². The quantitative estimate of drug-likeness (QED) is 0.590. The standard InChI is InChI=1S/C15H32N2O/c1-5-13(4)14(16)15(18)17-11-9-7-6-8-10-12(2)3/h12-14H,5-11,16H2,1-4H3,(H,17,18)/t13-,14-/m0/s1. The molecule has 2 atom stereocenters. The van der Waals surface area contributed by atoms with Crippen LogP contribution in [0.4, 0.5) is 0 Å². The van der Waals surface area contributed by atoms with Gasteiger partial charge < -0.3 is 11.1 Å². The van der Waals surface area contributed by atoms with Crippen LogP contribution in [0.15, 0.2) is 0 Å². The lowest BCUT2D eigenvalue weighted by Gasteiger charge is -2.17. The molecule has 0 rings (SSSR count). The molecule has 0 unspecified atom stereocenters. The summed E-state index contributed by atoms with van der Waals surface area (Å²) >= 11 is 0. The molecule has 1 amide bonds. The average Bonchev–Trinajstić information content (AvgIpc) is 2.35. The minimum atomic E-state index is -0.351. The van der Waals surface area contributed by atoms with Crippen molar-refractivity contribution in [2.75, 3.05) is 6.54 Å². The Bertz CT molecular complexity index is 217. The van der Waals surface area contributed by atoms with Crippen molar-refractivity contribution in [2.24, 2.45) is 17.6 Å². The number of nitrogens with one attached hydrogen (secondary N) is 1. The molecule has 0 saturated heterocycles. The van der Waals surface area contributed by atoms with Crippen LogP contribution >= 0.6 is 0 Å². The van der Waals surface area contributed by atoms with Crippen LogP contribution in [0, 0.1) is 11.8 Å². The number of unbranched alkanes of at least 4 members (excludes halogenated alkanes) is 3. The first-order valence-corrected chi connectivity index (χ1v) is 7.52. The van der Waals surface area contributed by atoms with Gasteiger partial charge in [-0.3, -0.25) is 4.79 Å². The van der Waals surface area contributed by atoms with Crippen molar-refractivity contribution in [3.63, 3.8) is 0 Å². The van der Waals surface area contributed by atoms with E-state index < -0.39 is 0 Å². The predicted octanol–water partition coefficient (Wildman–Crippen LogP) is 3.08. The van der Waals surface area contributed by atoms with Gasteiger partial charge in [0.2, 0.25) is 5.91 Å². The van der Waals surface area contributed by atoms with E-state index >= 15 is 0 Å². The van der Waals surface area contributed by atoms with Crippen molar-refractivity contribution < 1.29 is 4.79 Å². The Morgan fingerprint density at radius 1 is 1.11 bits per heavy atom. The zero-order valence-electron chi connectivity index (χ0n) is 12.7. The molecule has 0 bridgehead atoms. The highest BCUT2D eigenvalue weighted by atomic mass is 16.2. The molecule has 0 aliphatic heterocycles. The van der Waals surface area contributed by atoms with Crippen molar-refractivity contribution in [1.82, 2.24) is 5.32 Å². The largest absolute Gasteiger partial charge is 0.355 e. The summed E-state index contributed by atoms with van der Waals surface area (Å²) in [7, 11) is 0. The van der Waals surface area contributed by atoms with E-state index in [2.05, 4.69) is 26.1 Å². The second-order valence-corrected chi connectivity index (χ2v) is 5.80. The van der Waals surface area contributed by atoms with E-state index in [-0.39, 0.29) is 17.9 Å². The number of carbonyl (C=O) groups excluding carboxylic acids is 1. The van der Waals surface area contributed by atoms with Crippen molar-refractivity contribution in [1.29, 1.82) is 0 Å². The smallest absolute Gasteiger partial charge is 0.237 e. The maximum Gasteiger partial charge on any atom is 0.237 e. The normalized spacial score (nSPS) is 14.6. The summed E-state index contributed by atoms with van der Waals surface area (Å²) in [5.74, 6) is 1.07. The summed E-state index contributed by atoms with van der Waals surface area (Å²) in [5.41, 5.74) is 5.85. The van der Waals surface area contributed by atoms with Gasteiger partial charge >= 0.3 is 0 Å². The molecule has 3 nitrogen and oxygen atoms in total. The van der Waals surface area contributed by atoms with Crippen molar-refractivity contribution in [2.45, 2.75) is 72.3 Å². The van der Waals surface area contributed by atoms with Gasteiger partial charge in [0, 0.05) is 6.54 Å². The first kappa shape index (κ1) is 17.4. The fraction of sp³-hybridized carbons (Fsp3) is 0.933. The lowest BCUT2D eigenvalue weighted by Crippen LogP contribution is -2.44. The first-order chi connectivity index (χ1) is 8.49. The van der Waals surface area contributed by atoms with Crippen LogP contribution in [0.1, 0.15) is 66.2 Å². The zero-order chi connectivity index (χ0) is 14.0. The van der Waals surface area contributed by atoms with E-state index in [1.54, 1.807) is 0 Å². The summed E-state index contributed by atoms with van der Waals surface area (Å²) in [6.07, 6.45) is 7.10. The summed E-state index contributed by atoms with van der Waals surface area (Å²) in [5, 5.41) is 2.93. The Balaban J connectivity index is 3.46. The Morgan fingerprint density at radius 2 is 1.72 bits per heavy atom. The monoisotopic (exact) mass is 256 g/mol. The summed E-state index contributed by atoms with van der Waals surface area (Å²) in [4.78, 5) is 11.7. The molecule has 0 spiro atoms. The van der Waals surface area contributed by atoms with Crippen molar-refractivity contribution >= 4 is 5.91 Å². The van der Waals surface area contributed by atoms with Crippen LogP contribution in [0.2, 0.25) is 0 Å². The SMILES string of the molecule is CC[C@H](C)[C@H](N)C(=O)NCCCCCCC(C)C. The molecule has 0 aliphatic carbocycles. The average molecular weight is 256 g/mol. The summed E-state index contributed by atoms with van der Waals surface area (Å²) < 4.78 is 0. The number of carbonyl (C=O) groups is 1. The molecule has 0 aromatic carbocycles. The third kappa shape index (κ3) is 8.51. The summed E-state index contributed by atoms with van der Waals surface area (Å²) in [6, 6.07) is -0.351. The molecule has 0 heterocycles. The van der Waals surface area contributed by atoms with E-state index in [1.807, 2.05) is 6.92 Å². The van der Waals surface area contributed by atoms with Gasteiger partial charge in [-0.2, -0.15) is 0 Å². The molecule has 0 aliphatic rings. The second kappa shape index (κ2) is 10.4. The molecule has 0 radical (unpaired) electrons. The minimum Gasteiger partial charge on any atom is -0.355 e. The third-order valence-electron chi connectivity index (χ3n) is 3.57. The predicted molar refractivity (Wildman–Crippen MR) is 78.4 cm³/mol. The van der Waals surface area contributed by atoms with Gasteiger partial charge in [0.15, 0.2) is 0 Å². The molecule has 18 heavy (non-hydrogen) atoms. The molecule has 0 aromatic rings. The van der Waals surface area contributed by atoms with Crippen LogP contribution in [-0.2, 0) is 4.79 Å². The highest BCUT2D eigenvalue weighted by molar-refractivity contribution is 5.81. The highest BCUT2D eigenvalue weighted by Gasteiger charge is 2.18. The van der Waals surface area contributed by atoms with Gasteiger partial charge in [-0.25, -0.2) is 0 Å². The Hall–Kier alpha value is -0.570. The maximum atomic E-state index is 11.7. The molecule has 0 saturated carbocycles. The Kier molecular flexibility index (Phi) is 10.0. The number of amides is 1. The zero-order valence-corrected chi connectivity index (χ0v) is 12.7.